The first-order valence-electron chi connectivity index (χ1n) is 8.47. The van der Waals surface area contributed by atoms with Gasteiger partial charge >= 0.3 is 0 Å². The van der Waals surface area contributed by atoms with Gasteiger partial charge in [0.05, 0.1) is 19.3 Å². The summed E-state index contributed by atoms with van der Waals surface area (Å²) in [5.41, 5.74) is 8.21. The number of rotatable bonds is 7. The van der Waals surface area contributed by atoms with E-state index in [1.807, 2.05) is 6.92 Å². The summed E-state index contributed by atoms with van der Waals surface area (Å²) in [5, 5.41) is 3.08. The van der Waals surface area contributed by atoms with Crippen molar-refractivity contribution in [3.63, 3.8) is 0 Å². The van der Waals surface area contributed by atoms with E-state index in [2.05, 4.69) is 41.4 Å². The number of aryl methyl sites for hydroxylation is 1. The van der Waals surface area contributed by atoms with Crippen molar-refractivity contribution < 1.29 is 9.53 Å². The number of nitrogens with one attached hydrogen (secondary N) is 1. The summed E-state index contributed by atoms with van der Waals surface area (Å²) in [4.78, 5) is 14.4. The van der Waals surface area contributed by atoms with E-state index >= 15 is 0 Å². The average Bonchev–Trinajstić information content (AvgIpc) is 2.54. The van der Waals surface area contributed by atoms with E-state index in [1.54, 1.807) is 0 Å². The Labute approximate surface area is 139 Å². The molecule has 0 aromatic heterocycles. The molecule has 5 heteroatoms. The van der Waals surface area contributed by atoms with Crippen LogP contribution in [0.15, 0.2) is 24.3 Å². The van der Waals surface area contributed by atoms with Gasteiger partial charge in [-0.1, -0.05) is 29.8 Å². The molecule has 1 fully saturated rings. The second kappa shape index (κ2) is 9.01. The zero-order chi connectivity index (χ0) is 16.7. The quantitative estimate of drug-likeness (QED) is 0.801. The molecule has 2 unspecified atom stereocenters. The molecule has 128 valence electrons. The molecular formula is C18H29N3O2. The molecule has 1 aliphatic heterocycles. The van der Waals surface area contributed by atoms with Crippen LogP contribution in [0.1, 0.15) is 36.9 Å². The first-order chi connectivity index (χ1) is 11.1. The van der Waals surface area contributed by atoms with Crippen molar-refractivity contribution in [2.75, 3.05) is 32.8 Å². The maximum absolute atomic E-state index is 12.0. The molecular weight excluding hydrogens is 290 g/mol. The summed E-state index contributed by atoms with van der Waals surface area (Å²) >= 11 is 0. The van der Waals surface area contributed by atoms with Gasteiger partial charge in [0.1, 0.15) is 0 Å². The highest BCUT2D eigenvalue weighted by Gasteiger charge is 2.23. The minimum Gasteiger partial charge on any atom is -0.379 e. The number of hydrogen-bond acceptors (Lipinski definition) is 4. The molecule has 0 radical (unpaired) electrons. The highest BCUT2D eigenvalue weighted by Crippen LogP contribution is 2.22. The van der Waals surface area contributed by atoms with E-state index in [9.17, 15) is 4.79 Å². The molecule has 5 nitrogen and oxygen atoms in total. The second-order valence-corrected chi connectivity index (χ2v) is 6.40. The van der Waals surface area contributed by atoms with E-state index < -0.39 is 0 Å². The van der Waals surface area contributed by atoms with Crippen molar-refractivity contribution in [1.29, 1.82) is 0 Å². The molecule has 0 bridgehead atoms. The topological polar surface area (TPSA) is 67.6 Å². The van der Waals surface area contributed by atoms with Crippen LogP contribution in [0.4, 0.5) is 0 Å². The molecule has 1 amide bonds. The van der Waals surface area contributed by atoms with Gasteiger partial charge in [0.25, 0.3) is 0 Å². The normalized spacial score (nSPS) is 18.4. The van der Waals surface area contributed by atoms with E-state index in [4.69, 9.17) is 10.5 Å². The van der Waals surface area contributed by atoms with Crippen molar-refractivity contribution in [1.82, 2.24) is 10.2 Å². The highest BCUT2D eigenvalue weighted by atomic mass is 16.5. The maximum Gasteiger partial charge on any atom is 0.220 e. The van der Waals surface area contributed by atoms with Crippen LogP contribution in [0.2, 0.25) is 0 Å². The number of carbonyl (C=O) groups excluding carboxylic acids is 1. The van der Waals surface area contributed by atoms with Crippen LogP contribution in [0, 0.1) is 6.92 Å². The SMILES string of the molecule is Cc1cccc(C(CNC(=O)CCC(C)N)N2CCOCC2)c1. The first kappa shape index (κ1) is 17.9. The number of hydrogen-bond donors (Lipinski definition) is 2. The Hall–Kier alpha value is -1.43. The molecule has 1 saturated heterocycles. The van der Waals surface area contributed by atoms with Gasteiger partial charge in [0.15, 0.2) is 0 Å². The van der Waals surface area contributed by atoms with E-state index in [-0.39, 0.29) is 18.0 Å². The number of benzene rings is 1. The zero-order valence-electron chi connectivity index (χ0n) is 14.3. The van der Waals surface area contributed by atoms with Crippen LogP contribution in [0.3, 0.4) is 0 Å². The maximum atomic E-state index is 12.0. The Kier molecular flexibility index (Phi) is 7.02. The highest BCUT2D eigenvalue weighted by molar-refractivity contribution is 5.75. The molecule has 1 aliphatic rings. The third-order valence-corrected chi connectivity index (χ3v) is 4.23. The van der Waals surface area contributed by atoms with Gasteiger partial charge < -0.3 is 15.8 Å². The van der Waals surface area contributed by atoms with Crippen LogP contribution in [-0.4, -0.2) is 49.7 Å². The number of ether oxygens (including phenoxy) is 1. The van der Waals surface area contributed by atoms with E-state index in [1.165, 1.54) is 11.1 Å². The average molecular weight is 319 g/mol. The molecule has 1 aromatic carbocycles. The number of morpholine rings is 1. The minimum absolute atomic E-state index is 0.0626. The Morgan fingerprint density at radius 1 is 1.39 bits per heavy atom. The van der Waals surface area contributed by atoms with Crippen molar-refractivity contribution in [2.45, 2.75) is 38.8 Å². The third kappa shape index (κ3) is 5.94. The lowest BCUT2D eigenvalue weighted by Gasteiger charge is -2.35. The van der Waals surface area contributed by atoms with Crippen LogP contribution >= 0.6 is 0 Å². The molecule has 1 aromatic rings. The number of nitrogens with two attached hydrogens (primary N) is 1. The van der Waals surface area contributed by atoms with Gasteiger partial charge in [-0.25, -0.2) is 0 Å². The van der Waals surface area contributed by atoms with Gasteiger partial charge in [-0.05, 0) is 25.8 Å². The predicted molar refractivity (Wildman–Crippen MR) is 92.2 cm³/mol. The molecule has 0 saturated carbocycles. The fourth-order valence-corrected chi connectivity index (χ4v) is 2.88. The number of nitrogens with zero attached hydrogens (tertiary/aromatic N) is 1. The molecule has 2 atom stereocenters. The lowest BCUT2D eigenvalue weighted by molar-refractivity contribution is -0.121. The Morgan fingerprint density at radius 2 is 2.13 bits per heavy atom. The monoisotopic (exact) mass is 319 g/mol. The van der Waals surface area contributed by atoms with E-state index in [0.29, 0.717) is 13.0 Å². The van der Waals surface area contributed by atoms with Gasteiger partial charge in [-0.15, -0.1) is 0 Å². The molecule has 1 heterocycles. The second-order valence-electron chi connectivity index (χ2n) is 6.40. The third-order valence-electron chi connectivity index (χ3n) is 4.23. The van der Waals surface area contributed by atoms with E-state index in [0.717, 1.165) is 32.7 Å². The van der Waals surface area contributed by atoms with Gasteiger partial charge in [-0.3, -0.25) is 9.69 Å². The fourth-order valence-electron chi connectivity index (χ4n) is 2.88. The largest absolute Gasteiger partial charge is 0.379 e. The van der Waals surface area contributed by atoms with Gasteiger partial charge in [0.2, 0.25) is 5.91 Å². The van der Waals surface area contributed by atoms with Crippen molar-refractivity contribution >= 4 is 5.91 Å². The van der Waals surface area contributed by atoms with Crippen LogP contribution in [0.5, 0.6) is 0 Å². The summed E-state index contributed by atoms with van der Waals surface area (Å²) in [5.74, 6) is 0.0770. The Balaban J connectivity index is 2.00. The minimum atomic E-state index is 0.0626. The standard InChI is InChI=1S/C18H29N3O2/c1-14-4-3-5-16(12-14)17(21-8-10-23-11-9-21)13-20-18(22)7-6-15(2)19/h3-5,12,15,17H,6-11,13,19H2,1-2H3,(H,20,22). The van der Waals surface area contributed by atoms with Crippen LogP contribution in [-0.2, 0) is 9.53 Å². The Bertz CT molecular complexity index is 499. The molecule has 23 heavy (non-hydrogen) atoms. The van der Waals surface area contributed by atoms with Crippen molar-refractivity contribution in [3.8, 4) is 0 Å². The lowest BCUT2D eigenvalue weighted by atomic mass is 10.0. The molecule has 2 rings (SSSR count). The van der Waals surface area contributed by atoms with Crippen LogP contribution in [0.25, 0.3) is 0 Å². The number of amides is 1. The predicted octanol–water partition coefficient (Wildman–Crippen LogP) is 1.61. The summed E-state index contributed by atoms with van der Waals surface area (Å²) in [6, 6.07) is 8.78. The van der Waals surface area contributed by atoms with Crippen LogP contribution < -0.4 is 11.1 Å². The van der Waals surface area contributed by atoms with Gasteiger partial charge in [0, 0.05) is 32.1 Å². The molecule has 0 aliphatic carbocycles. The first-order valence-corrected chi connectivity index (χ1v) is 8.47. The molecule has 0 spiro atoms. The summed E-state index contributed by atoms with van der Waals surface area (Å²) < 4.78 is 5.46. The summed E-state index contributed by atoms with van der Waals surface area (Å²) in [7, 11) is 0. The fraction of sp³-hybridized carbons (Fsp3) is 0.611. The van der Waals surface area contributed by atoms with Crippen molar-refractivity contribution in [2.24, 2.45) is 5.73 Å². The lowest BCUT2D eigenvalue weighted by Crippen LogP contribution is -2.44. The summed E-state index contributed by atoms with van der Waals surface area (Å²) in [6.45, 7) is 7.95. The smallest absolute Gasteiger partial charge is 0.220 e. The zero-order valence-corrected chi connectivity index (χ0v) is 14.3. The number of carbonyl (C=O) groups is 1. The van der Waals surface area contributed by atoms with Crippen molar-refractivity contribution in [3.05, 3.63) is 35.4 Å². The van der Waals surface area contributed by atoms with Gasteiger partial charge in [-0.2, -0.15) is 0 Å². The molecule has 3 N–H and O–H groups in total. The summed E-state index contributed by atoms with van der Waals surface area (Å²) in [6.07, 6.45) is 1.21. The Morgan fingerprint density at radius 3 is 2.78 bits per heavy atom.